The van der Waals surface area contributed by atoms with Gasteiger partial charge in [-0.25, -0.2) is 19.5 Å². The Morgan fingerprint density at radius 1 is 1.11 bits per heavy atom. The Hall–Kier alpha value is -3.68. The number of nitrogens with zero attached hydrogens (tertiary/aromatic N) is 7. The monoisotopic (exact) mass is 357 g/mol. The number of carbonyl (C=O) groups is 1. The maximum absolute atomic E-state index is 13.0. The highest BCUT2D eigenvalue weighted by Gasteiger charge is 2.31. The lowest BCUT2D eigenvalue weighted by molar-refractivity contribution is 0.0780. The summed E-state index contributed by atoms with van der Waals surface area (Å²) in [5.74, 6) is 0.690. The first kappa shape index (κ1) is 15.6. The fourth-order valence-corrected chi connectivity index (χ4v) is 3.35. The second kappa shape index (κ2) is 6.24. The zero-order chi connectivity index (χ0) is 18.2. The number of pyridine rings is 2. The molecule has 0 spiro atoms. The van der Waals surface area contributed by atoms with Crippen molar-refractivity contribution in [1.82, 2.24) is 34.4 Å². The highest BCUT2D eigenvalue weighted by atomic mass is 16.2. The van der Waals surface area contributed by atoms with Crippen molar-refractivity contribution in [2.24, 2.45) is 0 Å². The van der Waals surface area contributed by atoms with E-state index in [-0.39, 0.29) is 5.91 Å². The zero-order valence-electron chi connectivity index (χ0n) is 14.4. The fraction of sp³-hybridized carbons (Fsp3) is 0.158. The highest BCUT2D eigenvalue weighted by molar-refractivity contribution is 6.03. The summed E-state index contributed by atoms with van der Waals surface area (Å²) in [5.41, 5.74) is 3.85. The molecule has 8 heteroatoms. The molecule has 0 aliphatic carbocycles. The van der Waals surface area contributed by atoms with Gasteiger partial charge < -0.3 is 4.90 Å². The molecule has 27 heavy (non-hydrogen) atoms. The summed E-state index contributed by atoms with van der Waals surface area (Å²) in [7, 11) is 0. The Kier molecular flexibility index (Phi) is 3.60. The van der Waals surface area contributed by atoms with Crippen LogP contribution in [0.2, 0.25) is 0 Å². The Bertz CT molecular complexity index is 1110. The molecule has 1 amide bonds. The summed E-state index contributed by atoms with van der Waals surface area (Å²) in [5, 5.41) is 4.45. The first-order chi connectivity index (χ1) is 13.3. The van der Waals surface area contributed by atoms with E-state index >= 15 is 0 Å². The molecule has 0 unspecified atom stereocenters. The third-order valence-electron chi connectivity index (χ3n) is 4.63. The molecule has 4 aromatic heterocycles. The molecule has 5 heterocycles. The van der Waals surface area contributed by atoms with Gasteiger partial charge in [0.05, 0.1) is 17.8 Å². The maximum Gasteiger partial charge on any atom is 0.256 e. The van der Waals surface area contributed by atoms with E-state index in [9.17, 15) is 4.79 Å². The maximum atomic E-state index is 13.0. The van der Waals surface area contributed by atoms with Crippen LogP contribution in [0.5, 0.6) is 0 Å². The molecule has 1 aliphatic rings. The van der Waals surface area contributed by atoms with Crippen molar-refractivity contribution >= 4 is 11.6 Å². The van der Waals surface area contributed by atoms with E-state index in [2.05, 4.69) is 25.0 Å². The van der Waals surface area contributed by atoms with E-state index < -0.39 is 0 Å². The lowest BCUT2D eigenvalue weighted by atomic mass is 10.0. The number of hydrogen-bond donors (Lipinski definition) is 0. The topological polar surface area (TPSA) is 89.2 Å². The standard InChI is InChI=1S/C19H15N7O/c27-19-18-14(13-9-20-12-21-10-13)4-6-22-15(18)11-25(19)8-5-16-23-17-3-1-2-7-26(17)24-16/h1-4,6-7,9-10,12H,5,8,11H2. The van der Waals surface area contributed by atoms with E-state index in [0.29, 0.717) is 25.1 Å². The van der Waals surface area contributed by atoms with Gasteiger partial charge in [-0.15, -0.1) is 0 Å². The number of aromatic nitrogens is 6. The quantitative estimate of drug-likeness (QED) is 0.553. The van der Waals surface area contributed by atoms with Crippen molar-refractivity contribution in [3.8, 4) is 11.1 Å². The second-order valence-electron chi connectivity index (χ2n) is 6.32. The van der Waals surface area contributed by atoms with Crippen molar-refractivity contribution < 1.29 is 4.79 Å². The average Bonchev–Trinajstić information content (AvgIpc) is 3.27. The van der Waals surface area contributed by atoms with Crippen molar-refractivity contribution in [2.75, 3.05) is 6.54 Å². The largest absolute Gasteiger partial charge is 0.332 e. The van der Waals surface area contributed by atoms with Gasteiger partial charge >= 0.3 is 0 Å². The number of carbonyl (C=O) groups excluding carboxylic acids is 1. The summed E-state index contributed by atoms with van der Waals surface area (Å²) in [6.45, 7) is 1.03. The third-order valence-corrected chi connectivity index (χ3v) is 4.63. The summed E-state index contributed by atoms with van der Waals surface area (Å²) in [4.78, 5) is 31.8. The highest BCUT2D eigenvalue weighted by Crippen LogP contribution is 2.30. The molecule has 0 N–H and O–H groups in total. The molecule has 0 atom stereocenters. The Balaban J connectivity index is 1.39. The number of rotatable bonds is 4. The van der Waals surface area contributed by atoms with Gasteiger partial charge in [-0.1, -0.05) is 6.07 Å². The molecule has 0 aromatic carbocycles. The summed E-state index contributed by atoms with van der Waals surface area (Å²) >= 11 is 0. The lowest BCUT2D eigenvalue weighted by Gasteiger charge is -2.14. The molecule has 0 saturated heterocycles. The molecule has 5 rings (SSSR count). The van der Waals surface area contributed by atoms with Crippen LogP contribution in [0, 0.1) is 0 Å². The minimum atomic E-state index is -0.0271. The molecule has 0 saturated carbocycles. The number of hydrogen-bond acceptors (Lipinski definition) is 6. The molecular weight excluding hydrogens is 342 g/mol. The van der Waals surface area contributed by atoms with Gasteiger partial charge in [0.1, 0.15) is 6.33 Å². The molecule has 0 bridgehead atoms. The smallest absolute Gasteiger partial charge is 0.256 e. The molecule has 4 aromatic rings. The van der Waals surface area contributed by atoms with E-state index in [4.69, 9.17) is 0 Å². The van der Waals surface area contributed by atoms with E-state index in [1.54, 1.807) is 28.0 Å². The number of fused-ring (bicyclic) bond motifs is 2. The first-order valence-electron chi connectivity index (χ1n) is 8.62. The van der Waals surface area contributed by atoms with Crippen LogP contribution in [-0.4, -0.2) is 46.9 Å². The van der Waals surface area contributed by atoms with Crippen LogP contribution < -0.4 is 0 Å². The van der Waals surface area contributed by atoms with Gasteiger partial charge in [-0.2, -0.15) is 5.10 Å². The van der Waals surface area contributed by atoms with E-state index in [1.165, 1.54) is 6.33 Å². The van der Waals surface area contributed by atoms with Crippen LogP contribution in [0.25, 0.3) is 16.8 Å². The van der Waals surface area contributed by atoms with Gasteiger partial charge in [0.2, 0.25) is 0 Å². The summed E-state index contributed by atoms with van der Waals surface area (Å²) in [6.07, 6.45) is 9.06. The molecule has 8 nitrogen and oxygen atoms in total. The van der Waals surface area contributed by atoms with Gasteiger partial charge in [0, 0.05) is 48.9 Å². The molecule has 1 aliphatic heterocycles. The number of amides is 1. The minimum absolute atomic E-state index is 0.0271. The van der Waals surface area contributed by atoms with Gasteiger partial charge in [-0.3, -0.25) is 9.78 Å². The molecule has 0 fully saturated rings. The Morgan fingerprint density at radius 3 is 2.85 bits per heavy atom. The van der Waals surface area contributed by atoms with Crippen LogP contribution >= 0.6 is 0 Å². The van der Waals surface area contributed by atoms with Crippen LogP contribution in [0.15, 0.2) is 55.4 Å². The minimum Gasteiger partial charge on any atom is -0.332 e. The van der Waals surface area contributed by atoms with E-state index in [1.807, 2.05) is 30.5 Å². The fourth-order valence-electron chi connectivity index (χ4n) is 3.35. The predicted molar refractivity (Wildman–Crippen MR) is 96.7 cm³/mol. The lowest BCUT2D eigenvalue weighted by Crippen LogP contribution is -2.26. The summed E-state index contributed by atoms with van der Waals surface area (Å²) < 4.78 is 1.74. The average molecular weight is 357 g/mol. The molecule has 0 radical (unpaired) electrons. The summed E-state index contributed by atoms with van der Waals surface area (Å²) in [6, 6.07) is 7.58. The Morgan fingerprint density at radius 2 is 2.00 bits per heavy atom. The normalized spacial score (nSPS) is 13.3. The Labute approximate surface area is 154 Å². The van der Waals surface area contributed by atoms with Crippen molar-refractivity contribution in [2.45, 2.75) is 13.0 Å². The van der Waals surface area contributed by atoms with Crippen molar-refractivity contribution in [1.29, 1.82) is 0 Å². The van der Waals surface area contributed by atoms with Crippen LogP contribution in [0.3, 0.4) is 0 Å². The van der Waals surface area contributed by atoms with Crippen LogP contribution in [0.1, 0.15) is 21.9 Å². The van der Waals surface area contributed by atoms with Gasteiger partial charge in [0.15, 0.2) is 11.5 Å². The third kappa shape index (κ3) is 2.71. The first-order valence-corrected chi connectivity index (χ1v) is 8.62. The molecular formula is C19H15N7O. The SMILES string of the molecule is O=C1c2c(-c3cncnc3)ccnc2CN1CCc1nc2ccccn2n1. The van der Waals surface area contributed by atoms with Crippen molar-refractivity contribution in [3.63, 3.8) is 0 Å². The van der Waals surface area contributed by atoms with E-state index in [0.717, 1.165) is 28.3 Å². The van der Waals surface area contributed by atoms with Crippen LogP contribution in [-0.2, 0) is 13.0 Å². The van der Waals surface area contributed by atoms with Gasteiger partial charge in [-0.05, 0) is 18.2 Å². The predicted octanol–water partition coefficient (Wildman–Crippen LogP) is 1.78. The van der Waals surface area contributed by atoms with Crippen LogP contribution in [0.4, 0.5) is 0 Å². The van der Waals surface area contributed by atoms with Gasteiger partial charge in [0.25, 0.3) is 5.91 Å². The van der Waals surface area contributed by atoms with Crippen molar-refractivity contribution in [3.05, 3.63) is 72.5 Å². The second-order valence-corrected chi connectivity index (χ2v) is 6.32. The zero-order valence-corrected chi connectivity index (χ0v) is 14.4. The molecule has 132 valence electrons.